The van der Waals surface area contributed by atoms with Gasteiger partial charge in [-0.3, -0.25) is 4.90 Å². The van der Waals surface area contributed by atoms with Crippen LogP contribution in [0.5, 0.6) is 0 Å². The molecule has 0 unspecified atom stereocenters. The molecule has 0 radical (unpaired) electrons. The Kier molecular flexibility index (Phi) is 5.15. The maximum atomic E-state index is 9.88. The number of hydrogen-bond acceptors (Lipinski definition) is 4. The van der Waals surface area contributed by atoms with Gasteiger partial charge in [-0.2, -0.15) is 0 Å². The van der Waals surface area contributed by atoms with Gasteiger partial charge in [-0.05, 0) is 38.5 Å². The van der Waals surface area contributed by atoms with E-state index < -0.39 is 11.7 Å². The van der Waals surface area contributed by atoms with Gasteiger partial charge in [0.25, 0.3) is 0 Å². The Hall–Kier alpha value is -0.810. The van der Waals surface area contributed by atoms with Gasteiger partial charge in [0.1, 0.15) is 0 Å². The van der Waals surface area contributed by atoms with Crippen molar-refractivity contribution in [3.8, 4) is 0 Å². The second-order valence-electron chi connectivity index (χ2n) is 6.46. The van der Waals surface area contributed by atoms with Crippen LogP contribution in [-0.2, 0) is 0 Å². The largest absolute Gasteiger partial charge is 0.389 e. The van der Waals surface area contributed by atoms with Crippen molar-refractivity contribution in [3.63, 3.8) is 0 Å². The topological polar surface area (TPSA) is 46.9 Å². The average molecular weight is 313 g/mol. The smallest absolute Gasteiger partial charge is 0.0762 e. The lowest BCUT2D eigenvalue weighted by molar-refractivity contribution is 0.0345. The molecular weight excluding hydrogens is 288 g/mol. The summed E-state index contributed by atoms with van der Waals surface area (Å²) in [5, 5.41) is 20.2. The van der Waals surface area contributed by atoms with Gasteiger partial charge in [0.05, 0.1) is 22.4 Å². The van der Waals surface area contributed by atoms with Gasteiger partial charge in [0.15, 0.2) is 0 Å². The molecule has 1 aliphatic heterocycles. The maximum absolute atomic E-state index is 9.88. The Labute approximate surface area is 131 Å². The van der Waals surface area contributed by atoms with Crippen LogP contribution in [0.25, 0.3) is 0 Å². The van der Waals surface area contributed by atoms with Gasteiger partial charge in [0.2, 0.25) is 0 Å². The maximum Gasteiger partial charge on any atom is 0.0762 e. The predicted octanol–water partition coefficient (Wildman–Crippen LogP) is 2.29. The molecule has 0 saturated carbocycles. The van der Waals surface area contributed by atoms with Crippen molar-refractivity contribution in [1.29, 1.82) is 0 Å². The fraction of sp³-hybridized carbons (Fsp3) is 0.625. The van der Waals surface area contributed by atoms with Gasteiger partial charge in [-0.1, -0.05) is 17.7 Å². The minimum Gasteiger partial charge on any atom is -0.389 e. The monoisotopic (exact) mass is 312 g/mol. The minimum absolute atomic E-state index is 0.500. The van der Waals surface area contributed by atoms with E-state index in [0.717, 1.165) is 37.4 Å². The summed E-state index contributed by atoms with van der Waals surface area (Å²) in [4.78, 5) is 4.53. The molecule has 2 rings (SSSR count). The van der Waals surface area contributed by atoms with Gasteiger partial charge in [0, 0.05) is 32.7 Å². The predicted molar refractivity (Wildman–Crippen MR) is 87.0 cm³/mol. The van der Waals surface area contributed by atoms with Crippen molar-refractivity contribution in [2.75, 3.05) is 37.6 Å². The lowest BCUT2D eigenvalue weighted by Crippen LogP contribution is -2.50. The van der Waals surface area contributed by atoms with Gasteiger partial charge in [-0.25, -0.2) is 0 Å². The standard InChI is InChI=1S/C16H25ClN2O2/c1-12(20)13-4-5-15(14(17)10-13)19-8-6-18(7-9-19)11-16(2,3)21/h4-5,10,12,20-21H,6-9,11H2,1-3H3/t12-/m1/s1. The van der Waals surface area contributed by atoms with Crippen LogP contribution in [-0.4, -0.2) is 53.4 Å². The van der Waals surface area contributed by atoms with Crippen molar-refractivity contribution < 1.29 is 10.2 Å². The third-order valence-corrected chi connectivity index (χ3v) is 4.08. The number of nitrogens with zero attached hydrogens (tertiary/aromatic N) is 2. The molecule has 0 amide bonds. The summed E-state index contributed by atoms with van der Waals surface area (Å²) >= 11 is 6.34. The molecule has 1 aliphatic rings. The van der Waals surface area contributed by atoms with E-state index in [9.17, 15) is 10.2 Å². The number of benzene rings is 1. The molecule has 1 fully saturated rings. The molecule has 2 N–H and O–H groups in total. The van der Waals surface area contributed by atoms with Crippen LogP contribution in [0.1, 0.15) is 32.4 Å². The van der Waals surface area contributed by atoms with E-state index in [4.69, 9.17) is 11.6 Å². The fourth-order valence-corrected chi connectivity index (χ4v) is 3.04. The number of aliphatic hydroxyl groups is 2. The van der Waals surface area contributed by atoms with Crippen LogP contribution in [0.3, 0.4) is 0 Å². The van der Waals surface area contributed by atoms with E-state index in [1.807, 2.05) is 32.0 Å². The van der Waals surface area contributed by atoms with Crippen molar-refractivity contribution in [2.45, 2.75) is 32.5 Å². The molecule has 1 heterocycles. The minimum atomic E-state index is -0.654. The Balaban J connectivity index is 1.99. The first-order chi connectivity index (χ1) is 9.76. The van der Waals surface area contributed by atoms with Crippen molar-refractivity contribution >= 4 is 17.3 Å². The normalized spacial score (nSPS) is 18.9. The van der Waals surface area contributed by atoms with Crippen LogP contribution in [0.2, 0.25) is 5.02 Å². The Morgan fingerprint density at radius 3 is 2.33 bits per heavy atom. The Bertz CT molecular complexity index is 478. The highest BCUT2D eigenvalue weighted by atomic mass is 35.5. The Morgan fingerprint density at radius 2 is 1.86 bits per heavy atom. The number of aliphatic hydroxyl groups excluding tert-OH is 1. The SMILES string of the molecule is C[C@@H](O)c1ccc(N2CCN(CC(C)(C)O)CC2)c(Cl)c1. The molecule has 1 saturated heterocycles. The molecule has 0 bridgehead atoms. The molecule has 21 heavy (non-hydrogen) atoms. The molecule has 1 aromatic carbocycles. The number of β-amino-alcohol motifs (C(OH)–C–C–N with tert-alkyl or cyclic N) is 1. The van der Waals surface area contributed by atoms with E-state index in [1.165, 1.54) is 0 Å². The number of anilines is 1. The summed E-state index contributed by atoms with van der Waals surface area (Å²) in [6.07, 6.45) is -0.500. The van der Waals surface area contributed by atoms with Crippen LogP contribution >= 0.6 is 11.6 Å². The zero-order valence-corrected chi connectivity index (χ0v) is 13.8. The highest BCUT2D eigenvalue weighted by Crippen LogP contribution is 2.29. The summed E-state index contributed by atoms with van der Waals surface area (Å²) in [7, 11) is 0. The fourth-order valence-electron chi connectivity index (χ4n) is 2.73. The summed E-state index contributed by atoms with van der Waals surface area (Å²) in [6.45, 7) is 9.72. The first kappa shape index (κ1) is 16.6. The molecular formula is C16H25ClN2O2. The summed E-state index contributed by atoms with van der Waals surface area (Å²) in [5.74, 6) is 0. The molecule has 118 valence electrons. The zero-order chi connectivity index (χ0) is 15.6. The Morgan fingerprint density at radius 1 is 1.24 bits per heavy atom. The van der Waals surface area contributed by atoms with Crippen LogP contribution in [0, 0.1) is 0 Å². The van der Waals surface area contributed by atoms with E-state index in [1.54, 1.807) is 6.92 Å². The zero-order valence-electron chi connectivity index (χ0n) is 13.0. The van der Waals surface area contributed by atoms with Gasteiger partial charge in [-0.15, -0.1) is 0 Å². The lowest BCUT2D eigenvalue weighted by Gasteiger charge is -2.38. The summed E-state index contributed by atoms with van der Waals surface area (Å²) in [6, 6.07) is 5.75. The molecule has 0 aromatic heterocycles. The van der Waals surface area contributed by atoms with Crippen molar-refractivity contribution in [2.24, 2.45) is 0 Å². The quantitative estimate of drug-likeness (QED) is 0.895. The highest BCUT2D eigenvalue weighted by Gasteiger charge is 2.23. The van der Waals surface area contributed by atoms with Gasteiger partial charge >= 0.3 is 0 Å². The van der Waals surface area contributed by atoms with E-state index in [-0.39, 0.29) is 0 Å². The number of halogens is 1. The first-order valence-electron chi connectivity index (χ1n) is 7.43. The molecule has 1 aromatic rings. The van der Waals surface area contributed by atoms with E-state index in [2.05, 4.69) is 9.80 Å². The average Bonchev–Trinajstić information content (AvgIpc) is 2.38. The van der Waals surface area contributed by atoms with Gasteiger partial charge < -0.3 is 15.1 Å². The van der Waals surface area contributed by atoms with E-state index >= 15 is 0 Å². The highest BCUT2D eigenvalue weighted by molar-refractivity contribution is 6.33. The molecule has 5 heteroatoms. The van der Waals surface area contributed by atoms with Crippen LogP contribution in [0.15, 0.2) is 18.2 Å². The van der Waals surface area contributed by atoms with Crippen molar-refractivity contribution in [1.82, 2.24) is 4.90 Å². The van der Waals surface area contributed by atoms with Crippen LogP contribution < -0.4 is 4.90 Å². The number of hydrogen-bond donors (Lipinski definition) is 2. The van der Waals surface area contributed by atoms with E-state index in [0.29, 0.717) is 11.6 Å². The number of rotatable bonds is 4. The molecule has 0 spiro atoms. The lowest BCUT2D eigenvalue weighted by atomic mass is 10.1. The second-order valence-corrected chi connectivity index (χ2v) is 6.87. The number of piperazine rings is 1. The third kappa shape index (κ3) is 4.58. The summed E-state index contributed by atoms with van der Waals surface area (Å²) in [5.41, 5.74) is 1.20. The second kappa shape index (κ2) is 6.53. The third-order valence-electron chi connectivity index (χ3n) is 3.78. The first-order valence-corrected chi connectivity index (χ1v) is 7.81. The van der Waals surface area contributed by atoms with Crippen LogP contribution in [0.4, 0.5) is 5.69 Å². The van der Waals surface area contributed by atoms with Crippen molar-refractivity contribution in [3.05, 3.63) is 28.8 Å². The molecule has 4 nitrogen and oxygen atoms in total. The summed E-state index contributed by atoms with van der Waals surface area (Å²) < 4.78 is 0. The molecule has 0 aliphatic carbocycles. The molecule has 1 atom stereocenters.